The second-order valence-electron chi connectivity index (χ2n) is 6.86. The van der Waals surface area contributed by atoms with Crippen LogP contribution in [0.4, 0.5) is 4.39 Å². The molecule has 3 nitrogen and oxygen atoms in total. The summed E-state index contributed by atoms with van der Waals surface area (Å²) in [5.74, 6) is -0.610. The van der Waals surface area contributed by atoms with Gasteiger partial charge in [0.25, 0.3) is 0 Å². The maximum absolute atomic E-state index is 14.5. The van der Waals surface area contributed by atoms with Gasteiger partial charge in [-0.05, 0) is 36.8 Å². The Morgan fingerprint density at radius 3 is 2.46 bits per heavy atom. The lowest BCUT2D eigenvalue weighted by molar-refractivity contribution is 0.101. The molecular weight excluding hydrogens is 371 g/mol. The number of carbonyl (C=O) groups excluding carboxylic acids is 1. The first-order chi connectivity index (χ1) is 13.6. The highest BCUT2D eigenvalue weighted by molar-refractivity contribution is 7.21. The molecule has 0 bridgehead atoms. The van der Waals surface area contributed by atoms with E-state index in [-0.39, 0.29) is 11.2 Å². The van der Waals surface area contributed by atoms with Crippen LogP contribution in [0, 0.1) is 5.82 Å². The van der Waals surface area contributed by atoms with Gasteiger partial charge in [-0.1, -0.05) is 59.9 Å². The summed E-state index contributed by atoms with van der Waals surface area (Å²) in [6.45, 7) is 1.42. The first-order valence-electron chi connectivity index (χ1n) is 8.92. The quantitative estimate of drug-likeness (QED) is 0.341. The predicted octanol–water partition coefficient (Wildman–Crippen LogP) is 5.56. The number of pyridine rings is 1. The molecule has 0 spiro atoms. The molecule has 0 aliphatic heterocycles. The maximum Gasteiger partial charge on any atom is 0.159 e. The van der Waals surface area contributed by atoms with Crippen LogP contribution in [0.3, 0.4) is 0 Å². The van der Waals surface area contributed by atoms with Gasteiger partial charge < -0.3 is 0 Å². The number of halogens is 1. The number of Topliss-reactive ketones (excluding diaryl/α,β-unsaturated/α-hetero) is 1. The number of hydrogen-bond donors (Lipinski definition) is 0. The Kier molecular flexibility index (Phi) is 3.74. The van der Waals surface area contributed by atoms with Crippen molar-refractivity contribution in [2.45, 2.75) is 12.3 Å². The Labute approximate surface area is 165 Å². The van der Waals surface area contributed by atoms with Crippen molar-refractivity contribution in [3.05, 3.63) is 95.5 Å². The molecule has 0 radical (unpaired) electrons. The van der Waals surface area contributed by atoms with Crippen LogP contribution in [0.2, 0.25) is 0 Å². The summed E-state index contributed by atoms with van der Waals surface area (Å²) in [5, 5.41) is 0.560. The summed E-state index contributed by atoms with van der Waals surface area (Å²) in [6, 6.07) is 18.6. The molecule has 4 aromatic rings. The van der Waals surface area contributed by atoms with Crippen molar-refractivity contribution in [3.8, 4) is 10.6 Å². The third-order valence-electron chi connectivity index (χ3n) is 5.04. The van der Waals surface area contributed by atoms with E-state index in [1.807, 2.05) is 30.3 Å². The molecule has 1 aliphatic rings. The number of ketones is 1. The predicted molar refractivity (Wildman–Crippen MR) is 109 cm³/mol. The van der Waals surface area contributed by atoms with E-state index in [0.29, 0.717) is 16.1 Å². The van der Waals surface area contributed by atoms with Crippen LogP contribution in [-0.4, -0.2) is 15.8 Å². The van der Waals surface area contributed by atoms with Gasteiger partial charge in [0.15, 0.2) is 5.78 Å². The number of allylic oxidation sites excluding steroid dienone is 2. The van der Waals surface area contributed by atoms with Crippen LogP contribution in [-0.2, 0) is 5.41 Å². The normalized spacial score (nSPS) is 14.4. The minimum Gasteiger partial charge on any atom is -0.295 e. The Hall–Kier alpha value is -3.18. The molecule has 0 saturated carbocycles. The molecule has 2 aromatic carbocycles. The summed E-state index contributed by atoms with van der Waals surface area (Å²) >= 11 is 1.36. The molecule has 0 fully saturated rings. The van der Waals surface area contributed by atoms with E-state index in [4.69, 9.17) is 4.98 Å². The van der Waals surface area contributed by atoms with Crippen molar-refractivity contribution in [2.75, 3.05) is 0 Å². The van der Waals surface area contributed by atoms with Crippen molar-refractivity contribution in [1.82, 2.24) is 9.97 Å². The first-order valence-corrected chi connectivity index (χ1v) is 9.73. The van der Waals surface area contributed by atoms with Crippen molar-refractivity contribution in [3.63, 3.8) is 0 Å². The highest BCUT2D eigenvalue weighted by atomic mass is 32.1. The minimum absolute atomic E-state index is 0.163. The maximum atomic E-state index is 14.5. The van der Waals surface area contributed by atoms with Gasteiger partial charge in [-0.25, -0.2) is 14.4 Å². The standard InChI is InChI=1S/C23H15FN2OS/c1-14(27)15-7-8-17(18(24)13-15)21-25-19-9-10-20(26-22(19)28-21)23(11-12-23)16-5-3-2-4-6-16/h2-13H,1H3. The number of aromatic nitrogens is 2. The first kappa shape index (κ1) is 17.0. The second-order valence-corrected chi connectivity index (χ2v) is 7.84. The molecule has 0 unspecified atom stereocenters. The van der Waals surface area contributed by atoms with Gasteiger partial charge >= 0.3 is 0 Å². The third-order valence-corrected chi connectivity index (χ3v) is 6.04. The molecular formula is C23H15FN2OS. The fourth-order valence-corrected chi connectivity index (χ4v) is 4.34. The van der Waals surface area contributed by atoms with Crippen LogP contribution in [0.1, 0.15) is 28.5 Å². The van der Waals surface area contributed by atoms with E-state index in [2.05, 4.69) is 29.3 Å². The Bertz CT molecular complexity index is 1250. The molecule has 0 atom stereocenters. The molecule has 136 valence electrons. The molecule has 2 aromatic heterocycles. The zero-order chi connectivity index (χ0) is 19.3. The van der Waals surface area contributed by atoms with Gasteiger partial charge in [0.05, 0.1) is 11.1 Å². The summed E-state index contributed by atoms with van der Waals surface area (Å²) in [7, 11) is 0. The number of benzene rings is 2. The summed E-state index contributed by atoms with van der Waals surface area (Å²) in [4.78, 5) is 21.6. The zero-order valence-electron chi connectivity index (χ0n) is 15.0. The van der Waals surface area contributed by atoms with Crippen LogP contribution >= 0.6 is 11.3 Å². The number of carbonyl (C=O) groups is 1. The number of rotatable bonds is 4. The van der Waals surface area contributed by atoms with E-state index >= 15 is 0 Å². The molecule has 5 rings (SSSR count). The second kappa shape index (κ2) is 6.17. The van der Waals surface area contributed by atoms with Gasteiger partial charge in [0.1, 0.15) is 21.2 Å². The van der Waals surface area contributed by atoms with Gasteiger partial charge in [-0.2, -0.15) is 0 Å². The molecule has 2 heterocycles. The van der Waals surface area contributed by atoms with Crippen molar-refractivity contribution < 1.29 is 9.18 Å². The molecule has 0 saturated heterocycles. The Morgan fingerprint density at radius 1 is 1.00 bits per heavy atom. The van der Waals surface area contributed by atoms with E-state index in [0.717, 1.165) is 16.0 Å². The summed E-state index contributed by atoms with van der Waals surface area (Å²) < 4.78 is 14.5. The number of nitrogens with zero attached hydrogens (tertiary/aromatic N) is 2. The SMILES string of the molecule is CC(=O)c1ccc(-c2nc3ccc(C4(c5ccccc5)C=C4)nc3s2)c(F)c1. The molecule has 0 N–H and O–H groups in total. The van der Waals surface area contributed by atoms with E-state index in [9.17, 15) is 9.18 Å². The lowest BCUT2D eigenvalue weighted by Gasteiger charge is -2.15. The monoisotopic (exact) mass is 386 g/mol. The Morgan fingerprint density at radius 2 is 1.79 bits per heavy atom. The number of fused-ring (bicyclic) bond motifs is 1. The van der Waals surface area contributed by atoms with Crippen LogP contribution in [0.15, 0.2) is 72.8 Å². The third kappa shape index (κ3) is 2.67. The van der Waals surface area contributed by atoms with Crippen LogP contribution in [0.25, 0.3) is 20.9 Å². The van der Waals surface area contributed by atoms with Crippen LogP contribution in [0.5, 0.6) is 0 Å². The van der Waals surface area contributed by atoms with Crippen molar-refractivity contribution in [1.29, 1.82) is 0 Å². The molecule has 1 aliphatic carbocycles. The van der Waals surface area contributed by atoms with E-state index < -0.39 is 5.82 Å². The lowest BCUT2D eigenvalue weighted by Crippen LogP contribution is -2.12. The summed E-state index contributed by atoms with van der Waals surface area (Å²) in [5.41, 5.74) is 3.34. The van der Waals surface area contributed by atoms with Crippen molar-refractivity contribution >= 4 is 27.5 Å². The fourth-order valence-electron chi connectivity index (χ4n) is 3.38. The molecule has 28 heavy (non-hydrogen) atoms. The Balaban J connectivity index is 1.56. The highest BCUT2D eigenvalue weighted by Gasteiger charge is 2.39. The van der Waals surface area contributed by atoms with Gasteiger partial charge in [-0.3, -0.25) is 4.79 Å². The average molecular weight is 386 g/mol. The lowest BCUT2D eigenvalue weighted by atomic mass is 9.89. The van der Waals surface area contributed by atoms with Gasteiger partial charge in [0.2, 0.25) is 0 Å². The minimum atomic E-state index is -0.448. The average Bonchev–Trinajstić information content (AvgIpc) is 3.41. The molecule has 5 heteroatoms. The van der Waals surface area contributed by atoms with E-state index in [1.54, 1.807) is 12.1 Å². The van der Waals surface area contributed by atoms with Gasteiger partial charge in [-0.15, -0.1) is 0 Å². The smallest absolute Gasteiger partial charge is 0.159 e. The van der Waals surface area contributed by atoms with Crippen LogP contribution < -0.4 is 0 Å². The summed E-state index contributed by atoms with van der Waals surface area (Å²) in [6.07, 6.45) is 4.27. The fraction of sp³-hybridized carbons (Fsp3) is 0.0870. The van der Waals surface area contributed by atoms with E-state index in [1.165, 1.54) is 29.9 Å². The topological polar surface area (TPSA) is 42.9 Å². The zero-order valence-corrected chi connectivity index (χ0v) is 15.8. The van der Waals surface area contributed by atoms with Gasteiger partial charge in [0, 0.05) is 11.1 Å². The van der Waals surface area contributed by atoms with Crippen molar-refractivity contribution in [2.24, 2.45) is 0 Å². The highest BCUT2D eigenvalue weighted by Crippen LogP contribution is 2.45. The number of thiazole rings is 1. The number of hydrogen-bond acceptors (Lipinski definition) is 4. The largest absolute Gasteiger partial charge is 0.295 e. The molecule has 0 amide bonds.